The van der Waals surface area contributed by atoms with Gasteiger partial charge in [0.15, 0.2) is 17.1 Å². The van der Waals surface area contributed by atoms with Crippen LogP contribution in [0.2, 0.25) is 0 Å². The Labute approximate surface area is 140 Å². The van der Waals surface area contributed by atoms with E-state index in [1.807, 2.05) is 30.7 Å². The minimum absolute atomic E-state index is 0.205. The summed E-state index contributed by atoms with van der Waals surface area (Å²) in [6.45, 7) is 4.04. The molecule has 1 atom stereocenters. The molecule has 1 aromatic heterocycles. The first-order chi connectivity index (χ1) is 11.0. The van der Waals surface area contributed by atoms with Gasteiger partial charge in [0.25, 0.3) is 0 Å². The summed E-state index contributed by atoms with van der Waals surface area (Å²) in [6, 6.07) is 8.02. The molecule has 0 N–H and O–H groups in total. The number of ether oxygens (including phenoxy) is 2. The summed E-state index contributed by atoms with van der Waals surface area (Å²) in [5.41, 5.74) is 1.27. The Hall–Kier alpha value is -2.02. The number of methoxy groups -OCH3 is 1. The zero-order chi connectivity index (χ0) is 16.8. The zero-order valence-electron chi connectivity index (χ0n) is 13.8. The van der Waals surface area contributed by atoms with Gasteiger partial charge >= 0.3 is 5.97 Å². The third-order valence-corrected chi connectivity index (χ3v) is 4.42. The van der Waals surface area contributed by atoms with Gasteiger partial charge in [-0.3, -0.25) is 4.79 Å². The van der Waals surface area contributed by atoms with E-state index in [9.17, 15) is 4.79 Å². The van der Waals surface area contributed by atoms with Gasteiger partial charge in [-0.05, 0) is 31.0 Å². The lowest BCUT2D eigenvalue weighted by molar-refractivity contribution is -0.137. The summed E-state index contributed by atoms with van der Waals surface area (Å²) in [6.07, 6.45) is 0.757. The second kappa shape index (κ2) is 8.01. The number of hydrogen-bond acceptors (Lipinski definition) is 6. The Morgan fingerprint density at radius 2 is 2.00 bits per heavy atom. The molecule has 0 amide bonds. The van der Waals surface area contributed by atoms with Gasteiger partial charge in [-0.25, -0.2) is 0 Å². The molecule has 1 aromatic carbocycles. The highest BCUT2D eigenvalue weighted by Crippen LogP contribution is 2.24. The Morgan fingerprint density at radius 1 is 1.30 bits per heavy atom. The fraction of sp³-hybridized carbons (Fsp3) is 0.438. The highest BCUT2D eigenvalue weighted by atomic mass is 32.2. The third-order valence-electron chi connectivity index (χ3n) is 3.42. The van der Waals surface area contributed by atoms with Crippen LogP contribution >= 0.6 is 11.8 Å². The van der Waals surface area contributed by atoms with Crippen LogP contribution < -0.4 is 4.74 Å². The molecular weight excluding hydrogens is 314 g/mol. The van der Waals surface area contributed by atoms with Crippen LogP contribution in [-0.4, -0.2) is 33.6 Å². The first-order valence-electron chi connectivity index (χ1n) is 7.39. The van der Waals surface area contributed by atoms with Crippen molar-refractivity contribution in [1.82, 2.24) is 14.8 Å². The van der Waals surface area contributed by atoms with E-state index < -0.39 is 0 Å². The predicted octanol–water partition coefficient (Wildman–Crippen LogP) is 2.78. The molecule has 0 bridgehead atoms. The molecule has 0 aliphatic heterocycles. The van der Waals surface area contributed by atoms with E-state index in [0.29, 0.717) is 11.0 Å². The summed E-state index contributed by atoms with van der Waals surface area (Å²) in [4.78, 5) is 11.2. The number of carbonyl (C=O) groups is 1. The zero-order valence-corrected chi connectivity index (χ0v) is 14.6. The van der Waals surface area contributed by atoms with Crippen LogP contribution in [0, 0.1) is 0 Å². The smallest absolute Gasteiger partial charge is 0.316 e. The average Bonchev–Trinajstić information content (AvgIpc) is 2.94. The molecule has 6 nitrogen and oxygen atoms in total. The average molecular weight is 335 g/mol. The SMILES string of the molecule is CCc1ccc(OC(C)c2nnc(SCC(=O)OC)n2C)cc1. The number of carbonyl (C=O) groups excluding carboxylic acids is 1. The van der Waals surface area contributed by atoms with Crippen molar-refractivity contribution in [3.8, 4) is 5.75 Å². The summed E-state index contributed by atoms with van der Waals surface area (Å²) in [5.74, 6) is 1.41. The van der Waals surface area contributed by atoms with Crippen LogP contribution in [0.15, 0.2) is 29.4 Å². The van der Waals surface area contributed by atoms with Crippen LogP contribution in [-0.2, 0) is 23.0 Å². The summed E-state index contributed by atoms with van der Waals surface area (Å²) < 4.78 is 12.4. The molecule has 0 aliphatic carbocycles. The standard InChI is InChI=1S/C16H21N3O3S/c1-5-12-6-8-13(9-7-12)22-11(2)15-17-18-16(19(15)3)23-10-14(20)21-4/h6-9,11H,5,10H2,1-4H3. The molecule has 0 spiro atoms. The van der Waals surface area contributed by atoms with Crippen LogP contribution in [0.1, 0.15) is 31.3 Å². The molecule has 0 fully saturated rings. The second-order valence-electron chi connectivity index (χ2n) is 5.02. The predicted molar refractivity (Wildman–Crippen MR) is 88.6 cm³/mol. The molecule has 0 saturated heterocycles. The van der Waals surface area contributed by atoms with E-state index >= 15 is 0 Å². The number of aryl methyl sites for hydroxylation is 1. The van der Waals surface area contributed by atoms with E-state index in [4.69, 9.17) is 4.74 Å². The van der Waals surface area contributed by atoms with Crippen molar-refractivity contribution in [2.75, 3.05) is 12.9 Å². The fourth-order valence-electron chi connectivity index (χ4n) is 2.05. The van der Waals surface area contributed by atoms with Crippen molar-refractivity contribution in [1.29, 1.82) is 0 Å². The van der Waals surface area contributed by atoms with Gasteiger partial charge in [-0.2, -0.15) is 0 Å². The quantitative estimate of drug-likeness (QED) is 0.572. The maximum Gasteiger partial charge on any atom is 0.316 e. The van der Waals surface area contributed by atoms with Gasteiger partial charge in [0.2, 0.25) is 0 Å². The van der Waals surface area contributed by atoms with E-state index in [2.05, 4.69) is 34.0 Å². The van der Waals surface area contributed by atoms with Crippen molar-refractivity contribution in [2.45, 2.75) is 31.5 Å². The Bertz CT molecular complexity index is 655. The second-order valence-corrected chi connectivity index (χ2v) is 5.96. The molecule has 124 valence electrons. The van der Waals surface area contributed by atoms with Gasteiger partial charge in [-0.15, -0.1) is 10.2 Å². The minimum atomic E-state index is -0.292. The maximum absolute atomic E-state index is 11.2. The van der Waals surface area contributed by atoms with E-state index in [1.54, 1.807) is 0 Å². The van der Waals surface area contributed by atoms with Gasteiger partial charge in [0.1, 0.15) is 5.75 Å². The van der Waals surface area contributed by atoms with Crippen LogP contribution in [0.25, 0.3) is 0 Å². The van der Waals surface area contributed by atoms with Crippen molar-refractivity contribution < 1.29 is 14.3 Å². The van der Waals surface area contributed by atoms with E-state index in [0.717, 1.165) is 12.2 Å². The molecule has 2 rings (SSSR count). The van der Waals surface area contributed by atoms with Crippen molar-refractivity contribution in [3.05, 3.63) is 35.7 Å². The monoisotopic (exact) mass is 335 g/mol. The molecule has 0 radical (unpaired) electrons. The summed E-state index contributed by atoms with van der Waals surface area (Å²) in [7, 11) is 3.22. The van der Waals surface area contributed by atoms with Crippen molar-refractivity contribution in [3.63, 3.8) is 0 Å². The van der Waals surface area contributed by atoms with Crippen LogP contribution in [0.5, 0.6) is 5.75 Å². The minimum Gasteiger partial charge on any atom is -0.483 e. The molecule has 1 heterocycles. The first kappa shape index (κ1) is 17.3. The number of benzene rings is 1. The summed E-state index contributed by atoms with van der Waals surface area (Å²) in [5, 5.41) is 8.92. The molecule has 0 saturated carbocycles. The van der Waals surface area contributed by atoms with Crippen LogP contribution in [0.4, 0.5) is 0 Å². The lowest BCUT2D eigenvalue weighted by atomic mass is 10.2. The third kappa shape index (κ3) is 4.48. The molecule has 0 aliphatic rings. The Morgan fingerprint density at radius 3 is 2.61 bits per heavy atom. The van der Waals surface area contributed by atoms with Gasteiger partial charge < -0.3 is 14.0 Å². The number of esters is 1. The molecule has 1 unspecified atom stereocenters. The Balaban J connectivity index is 2.02. The van der Waals surface area contributed by atoms with Crippen molar-refractivity contribution in [2.24, 2.45) is 7.05 Å². The van der Waals surface area contributed by atoms with Crippen molar-refractivity contribution >= 4 is 17.7 Å². The molecule has 7 heteroatoms. The lowest BCUT2D eigenvalue weighted by Gasteiger charge is -2.14. The fourth-order valence-corrected chi connectivity index (χ4v) is 2.80. The van der Waals surface area contributed by atoms with Gasteiger partial charge in [-0.1, -0.05) is 30.8 Å². The van der Waals surface area contributed by atoms with E-state index in [-0.39, 0.29) is 17.8 Å². The lowest BCUT2D eigenvalue weighted by Crippen LogP contribution is -2.10. The number of nitrogens with zero attached hydrogens (tertiary/aromatic N) is 3. The van der Waals surface area contributed by atoms with E-state index in [1.165, 1.54) is 24.4 Å². The van der Waals surface area contributed by atoms with Gasteiger partial charge in [0, 0.05) is 7.05 Å². The topological polar surface area (TPSA) is 66.2 Å². The maximum atomic E-state index is 11.2. The first-order valence-corrected chi connectivity index (χ1v) is 8.38. The summed E-state index contributed by atoms with van der Waals surface area (Å²) >= 11 is 1.29. The highest BCUT2D eigenvalue weighted by molar-refractivity contribution is 7.99. The normalized spacial score (nSPS) is 12.0. The number of rotatable bonds is 7. The number of thioether (sulfide) groups is 1. The van der Waals surface area contributed by atoms with Gasteiger partial charge in [0.05, 0.1) is 12.9 Å². The van der Waals surface area contributed by atoms with Crippen LogP contribution in [0.3, 0.4) is 0 Å². The largest absolute Gasteiger partial charge is 0.483 e. The molecule has 23 heavy (non-hydrogen) atoms. The molecular formula is C16H21N3O3S. The Kier molecular flexibility index (Phi) is 6.04. The molecule has 2 aromatic rings. The highest BCUT2D eigenvalue weighted by Gasteiger charge is 2.18. The number of hydrogen-bond donors (Lipinski definition) is 0. The number of aromatic nitrogens is 3.